The van der Waals surface area contributed by atoms with E-state index in [0.717, 1.165) is 12.1 Å². The average molecular weight is 302 g/mol. The number of carbonyl (C=O) groups excluding carboxylic acids is 1. The Bertz CT molecular complexity index is 470. The molecule has 0 aromatic heterocycles. The van der Waals surface area contributed by atoms with Gasteiger partial charge in [-0.3, -0.25) is 4.79 Å². The van der Waals surface area contributed by atoms with E-state index < -0.39 is 17.8 Å². The van der Waals surface area contributed by atoms with Crippen molar-refractivity contribution < 1.29 is 18.0 Å². The van der Waals surface area contributed by atoms with Gasteiger partial charge < -0.3 is 10.2 Å². The molecule has 0 heterocycles. The molecule has 0 aliphatic carbocycles. The first-order valence-electron chi connectivity index (χ1n) is 6.97. The number of rotatable bonds is 6. The largest absolute Gasteiger partial charge is 0.416 e. The number of alkyl halides is 3. The molecule has 3 nitrogen and oxygen atoms in total. The predicted octanol–water partition coefficient (Wildman–Crippen LogP) is 3.05. The number of hydrogen-bond donors (Lipinski definition) is 1. The minimum Gasteiger partial charge on any atom is -0.342 e. The fourth-order valence-electron chi connectivity index (χ4n) is 2.03. The van der Waals surface area contributed by atoms with E-state index in [2.05, 4.69) is 5.32 Å². The van der Waals surface area contributed by atoms with Crippen LogP contribution in [-0.4, -0.2) is 29.9 Å². The maximum atomic E-state index is 12.6. The molecule has 0 fully saturated rings. The van der Waals surface area contributed by atoms with Gasteiger partial charge in [0.1, 0.15) is 0 Å². The van der Waals surface area contributed by atoms with Gasteiger partial charge in [-0.25, -0.2) is 0 Å². The lowest BCUT2D eigenvalue weighted by atomic mass is 10.1. The molecule has 0 saturated heterocycles. The maximum absolute atomic E-state index is 12.6. The van der Waals surface area contributed by atoms with E-state index >= 15 is 0 Å². The predicted molar refractivity (Wildman–Crippen MR) is 75.7 cm³/mol. The monoisotopic (exact) mass is 302 g/mol. The molecule has 1 aromatic rings. The van der Waals surface area contributed by atoms with Crippen LogP contribution < -0.4 is 5.32 Å². The number of amides is 1. The van der Waals surface area contributed by atoms with Gasteiger partial charge in [0.15, 0.2) is 0 Å². The van der Waals surface area contributed by atoms with Crippen LogP contribution in [0.2, 0.25) is 0 Å². The Labute approximate surface area is 123 Å². The Morgan fingerprint density at radius 3 is 2.43 bits per heavy atom. The highest BCUT2D eigenvalue weighted by molar-refractivity contribution is 5.81. The molecule has 1 N–H and O–H groups in total. The SMILES string of the molecule is CCN(CC)C(=O)C(C)NCc1cccc(C(F)(F)F)c1. The molecular formula is C15H21F3N2O. The van der Waals surface area contributed by atoms with Crippen LogP contribution in [0.4, 0.5) is 13.2 Å². The molecule has 21 heavy (non-hydrogen) atoms. The topological polar surface area (TPSA) is 32.3 Å². The van der Waals surface area contributed by atoms with Gasteiger partial charge in [0.2, 0.25) is 5.91 Å². The Morgan fingerprint density at radius 1 is 1.29 bits per heavy atom. The Balaban J connectivity index is 2.65. The van der Waals surface area contributed by atoms with Crippen molar-refractivity contribution >= 4 is 5.91 Å². The highest BCUT2D eigenvalue weighted by Gasteiger charge is 2.30. The molecule has 0 saturated carbocycles. The van der Waals surface area contributed by atoms with E-state index in [4.69, 9.17) is 0 Å². The normalized spacial score (nSPS) is 13.0. The molecule has 6 heteroatoms. The number of hydrogen-bond acceptors (Lipinski definition) is 2. The van der Waals surface area contributed by atoms with Crippen molar-refractivity contribution in [3.8, 4) is 0 Å². The highest BCUT2D eigenvalue weighted by Crippen LogP contribution is 2.29. The zero-order valence-electron chi connectivity index (χ0n) is 12.5. The van der Waals surface area contributed by atoms with Crippen molar-refractivity contribution in [2.75, 3.05) is 13.1 Å². The summed E-state index contributed by atoms with van der Waals surface area (Å²) in [5, 5.41) is 2.97. The summed E-state index contributed by atoms with van der Waals surface area (Å²) in [7, 11) is 0. The summed E-state index contributed by atoms with van der Waals surface area (Å²) < 4.78 is 37.8. The molecule has 0 radical (unpaired) electrons. The molecule has 0 bridgehead atoms. The summed E-state index contributed by atoms with van der Waals surface area (Å²) in [4.78, 5) is 13.7. The van der Waals surface area contributed by atoms with Crippen LogP contribution in [0, 0.1) is 0 Å². The fourth-order valence-corrected chi connectivity index (χ4v) is 2.03. The second kappa shape index (κ2) is 7.45. The Morgan fingerprint density at radius 2 is 1.90 bits per heavy atom. The van der Waals surface area contributed by atoms with E-state index in [1.807, 2.05) is 13.8 Å². The quantitative estimate of drug-likeness (QED) is 0.876. The third-order valence-electron chi connectivity index (χ3n) is 3.31. The molecule has 1 aromatic carbocycles. The number of nitrogens with one attached hydrogen (secondary N) is 1. The number of carbonyl (C=O) groups is 1. The second-order valence-corrected chi connectivity index (χ2v) is 4.81. The Kier molecular flexibility index (Phi) is 6.20. The van der Waals surface area contributed by atoms with Crippen molar-refractivity contribution in [3.63, 3.8) is 0 Å². The van der Waals surface area contributed by atoms with Crippen LogP contribution in [0.1, 0.15) is 31.9 Å². The van der Waals surface area contributed by atoms with Gasteiger partial charge in [-0.1, -0.05) is 18.2 Å². The second-order valence-electron chi connectivity index (χ2n) is 4.81. The molecule has 118 valence electrons. The zero-order chi connectivity index (χ0) is 16.0. The number of nitrogens with zero attached hydrogens (tertiary/aromatic N) is 1. The first-order chi connectivity index (χ1) is 9.79. The molecule has 0 spiro atoms. The standard InChI is InChI=1S/C15H21F3N2O/c1-4-20(5-2)14(21)11(3)19-10-12-7-6-8-13(9-12)15(16,17)18/h6-9,11,19H,4-5,10H2,1-3H3. The van der Waals surface area contributed by atoms with Crippen LogP contribution in [0.15, 0.2) is 24.3 Å². The minimum absolute atomic E-state index is 0.0491. The lowest BCUT2D eigenvalue weighted by Gasteiger charge is -2.23. The molecule has 1 rings (SSSR count). The van der Waals surface area contributed by atoms with Crippen molar-refractivity contribution in [1.29, 1.82) is 0 Å². The van der Waals surface area contributed by atoms with E-state index in [9.17, 15) is 18.0 Å². The summed E-state index contributed by atoms with van der Waals surface area (Å²) in [5.74, 6) is -0.0491. The van der Waals surface area contributed by atoms with Gasteiger partial charge in [0.05, 0.1) is 11.6 Å². The first kappa shape index (κ1) is 17.5. The lowest BCUT2D eigenvalue weighted by Crippen LogP contribution is -2.44. The van der Waals surface area contributed by atoms with Crippen molar-refractivity contribution in [1.82, 2.24) is 10.2 Å². The Hall–Kier alpha value is -1.56. The molecular weight excluding hydrogens is 281 g/mol. The smallest absolute Gasteiger partial charge is 0.342 e. The van der Waals surface area contributed by atoms with E-state index in [1.165, 1.54) is 6.07 Å². The van der Waals surface area contributed by atoms with Gasteiger partial charge >= 0.3 is 6.18 Å². The summed E-state index contributed by atoms with van der Waals surface area (Å²) >= 11 is 0. The summed E-state index contributed by atoms with van der Waals surface area (Å²) in [6, 6.07) is 4.68. The van der Waals surface area contributed by atoms with Gasteiger partial charge in [-0.05, 0) is 32.4 Å². The average Bonchev–Trinajstić information content (AvgIpc) is 2.45. The van der Waals surface area contributed by atoms with Crippen molar-refractivity contribution in [2.24, 2.45) is 0 Å². The maximum Gasteiger partial charge on any atom is 0.416 e. The van der Waals surface area contributed by atoms with Gasteiger partial charge in [0.25, 0.3) is 0 Å². The van der Waals surface area contributed by atoms with Gasteiger partial charge in [-0.15, -0.1) is 0 Å². The van der Waals surface area contributed by atoms with E-state index in [0.29, 0.717) is 18.7 Å². The molecule has 1 atom stereocenters. The number of likely N-dealkylation sites (N-methyl/N-ethyl adjacent to an activating group) is 1. The lowest BCUT2D eigenvalue weighted by molar-refractivity contribution is -0.137. The molecule has 0 aliphatic rings. The van der Waals surface area contributed by atoms with Gasteiger partial charge in [0, 0.05) is 19.6 Å². The van der Waals surface area contributed by atoms with Crippen LogP contribution in [0.5, 0.6) is 0 Å². The number of halogens is 3. The summed E-state index contributed by atoms with van der Waals surface area (Å²) in [6.07, 6.45) is -4.35. The van der Waals surface area contributed by atoms with Crippen molar-refractivity contribution in [2.45, 2.75) is 39.5 Å². The van der Waals surface area contributed by atoms with Crippen LogP contribution >= 0.6 is 0 Å². The minimum atomic E-state index is -4.35. The molecule has 0 aliphatic heterocycles. The third kappa shape index (κ3) is 5.04. The number of benzene rings is 1. The van der Waals surface area contributed by atoms with E-state index in [1.54, 1.807) is 17.9 Å². The third-order valence-corrected chi connectivity index (χ3v) is 3.31. The summed E-state index contributed by atoms with van der Waals surface area (Å²) in [5.41, 5.74) is -0.173. The molecule has 1 amide bonds. The molecule has 1 unspecified atom stereocenters. The van der Waals surface area contributed by atoms with E-state index in [-0.39, 0.29) is 12.5 Å². The first-order valence-corrected chi connectivity index (χ1v) is 6.97. The summed E-state index contributed by atoms with van der Waals surface area (Å²) in [6.45, 7) is 6.95. The fraction of sp³-hybridized carbons (Fsp3) is 0.533. The van der Waals surface area contributed by atoms with Gasteiger partial charge in [-0.2, -0.15) is 13.2 Å². The van der Waals surface area contributed by atoms with Crippen LogP contribution in [0.25, 0.3) is 0 Å². The van der Waals surface area contributed by atoms with Crippen molar-refractivity contribution in [3.05, 3.63) is 35.4 Å². The highest BCUT2D eigenvalue weighted by atomic mass is 19.4. The zero-order valence-corrected chi connectivity index (χ0v) is 12.5. The van der Waals surface area contributed by atoms with Crippen LogP contribution in [0.3, 0.4) is 0 Å². The van der Waals surface area contributed by atoms with Crippen LogP contribution in [-0.2, 0) is 17.5 Å².